The third-order valence-electron chi connectivity index (χ3n) is 6.81. The number of fused-ring (bicyclic) bond motifs is 1. The fourth-order valence-electron chi connectivity index (χ4n) is 4.82. The molecule has 210 valence electrons. The van der Waals surface area contributed by atoms with Crippen LogP contribution in [0.25, 0.3) is 10.9 Å². The SMILES string of the molecule is NC(N)=NCCC[C@@H]1C(=O)N[C@H](Cc2c[nH]c3ccccc23)C(=O)NCC(=O)N1C(=O)[C@@H](N)Cc1ccccc1. The van der Waals surface area contributed by atoms with Crippen LogP contribution in [0.5, 0.6) is 0 Å². The van der Waals surface area contributed by atoms with Gasteiger partial charge in [-0.2, -0.15) is 0 Å². The smallest absolute Gasteiger partial charge is 0.249 e. The zero-order chi connectivity index (χ0) is 28.6. The van der Waals surface area contributed by atoms with Crippen molar-refractivity contribution in [3.63, 3.8) is 0 Å². The first-order valence-corrected chi connectivity index (χ1v) is 13.1. The van der Waals surface area contributed by atoms with Gasteiger partial charge in [0.15, 0.2) is 5.96 Å². The Bertz CT molecular complexity index is 1400. The summed E-state index contributed by atoms with van der Waals surface area (Å²) in [5, 5.41) is 6.26. The second kappa shape index (κ2) is 12.9. The van der Waals surface area contributed by atoms with E-state index in [-0.39, 0.29) is 31.8 Å². The number of hydrogen-bond donors (Lipinski definition) is 6. The molecule has 3 atom stereocenters. The van der Waals surface area contributed by atoms with E-state index < -0.39 is 48.3 Å². The molecule has 2 aromatic carbocycles. The van der Waals surface area contributed by atoms with Gasteiger partial charge >= 0.3 is 0 Å². The summed E-state index contributed by atoms with van der Waals surface area (Å²) in [6.07, 6.45) is 2.51. The van der Waals surface area contributed by atoms with Gasteiger partial charge in [0, 0.05) is 30.1 Å². The molecule has 1 fully saturated rings. The summed E-state index contributed by atoms with van der Waals surface area (Å²) in [5.74, 6) is -2.72. The molecule has 4 rings (SSSR count). The molecule has 0 spiro atoms. The molecule has 1 aromatic heterocycles. The third kappa shape index (κ3) is 6.83. The molecule has 4 amide bonds. The normalized spacial score (nSPS) is 18.7. The summed E-state index contributed by atoms with van der Waals surface area (Å²) >= 11 is 0. The van der Waals surface area contributed by atoms with E-state index in [9.17, 15) is 19.2 Å². The molecular formula is C28H34N8O4. The lowest BCUT2D eigenvalue weighted by atomic mass is 10.0. The Morgan fingerprint density at radius 3 is 2.50 bits per heavy atom. The maximum Gasteiger partial charge on any atom is 0.249 e. The third-order valence-corrected chi connectivity index (χ3v) is 6.81. The van der Waals surface area contributed by atoms with Gasteiger partial charge < -0.3 is 32.8 Å². The van der Waals surface area contributed by atoms with Crippen molar-refractivity contribution in [1.82, 2.24) is 20.5 Å². The molecule has 3 aromatic rings. The molecule has 2 heterocycles. The van der Waals surface area contributed by atoms with E-state index in [2.05, 4.69) is 20.6 Å². The molecule has 40 heavy (non-hydrogen) atoms. The first-order valence-electron chi connectivity index (χ1n) is 13.1. The van der Waals surface area contributed by atoms with E-state index in [0.717, 1.165) is 26.9 Å². The quantitative estimate of drug-likeness (QED) is 0.120. The van der Waals surface area contributed by atoms with Crippen molar-refractivity contribution in [3.8, 4) is 0 Å². The maximum atomic E-state index is 13.7. The number of nitrogens with two attached hydrogens (primary N) is 3. The maximum absolute atomic E-state index is 13.7. The molecule has 0 saturated carbocycles. The number of aromatic amines is 1. The summed E-state index contributed by atoms with van der Waals surface area (Å²) in [5.41, 5.74) is 19.6. The van der Waals surface area contributed by atoms with Crippen LogP contribution in [0, 0.1) is 0 Å². The highest BCUT2D eigenvalue weighted by Gasteiger charge is 2.39. The number of nitrogens with one attached hydrogen (secondary N) is 3. The summed E-state index contributed by atoms with van der Waals surface area (Å²) < 4.78 is 0. The lowest BCUT2D eigenvalue weighted by molar-refractivity contribution is -0.152. The Hall–Kier alpha value is -4.71. The van der Waals surface area contributed by atoms with E-state index in [1.807, 2.05) is 54.6 Å². The van der Waals surface area contributed by atoms with Gasteiger partial charge in [0.1, 0.15) is 12.1 Å². The summed E-state index contributed by atoms with van der Waals surface area (Å²) in [6, 6.07) is 13.5. The zero-order valence-corrected chi connectivity index (χ0v) is 22.0. The van der Waals surface area contributed by atoms with Crippen molar-refractivity contribution in [2.45, 2.75) is 43.8 Å². The number of amides is 4. The average Bonchev–Trinajstić information content (AvgIpc) is 3.36. The number of guanidine groups is 1. The minimum Gasteiger partial charge on any atom is -0.370 e. The van der Waals surface area contributed by atoms with Crippen molar-refractivity contribution in [2.75, 3.05) is 13.1 Å². The number of benzene rings is 2. The molecule has 0 aliphatic carbocycles. The van der Waals surface area contributed by atoms with Crippen LogP contribution in [0.15, 0.2) is 65.8 Å². The highest BCUT2D eigenvalue weighted by atomic mass is 16.2. The fourth-order valence-corrected chi connectivity index (χ4v) is 4.82. The van der Waals surface area contributed by atoms with Crippen molar-refractivity contribution in [1.29, 1.82) is 0 Å². The Morgan fingerprint density at radius 1 is 1.02 bits per heavy atom. The number of aliphatic imine (C=N–C) groups is 1. The van der Waals surface area contributed by atoms with Crippen molar-refractivity contribution >= 4 is 40.5 Å². The minimum absolute atomic E-state index is 0.0755. The monoisotopic (exact) mass is 546 g/mol. The Balaban J connectivity index is 1.60. The number of carbonyl (C=O) groups excluding carboxylic acids is 4. The second-order valence-electron chi connectivity index (χ2n) is 9.71. The van der Waals surface area contributed by atoms with Gasteiger partial charge in [-0.15, -0.1) is 0 Å². The topological polar surface area (TPSA) is 202 Å². The molecule has 1 saturated heterocycles. The molecule has 0 unspecified atom stereocenters. The van der Waals surface area contributed by atoms with Gasteiger partial charge in [-0.1, -0.05) is 48.5 Å². The number of hydrogen-bond acceptors (Lipinski definition) is 6. The van der Waals surface area contributed by atoms with Gasteiger partial charge in [0.05, 0.1) is 12.6 Å². The molecule has 9 N–H and O–H groups in total. The van der Waals surface area contributed by atoms with Crippen LogP contribution in [0.3, 0.4) is 0 Å². The largest absolute Gasteiger partial charge is 0.370 e. The highest BCUT2D eigenvalue weighted by molar-refractivity contribution is 6.05. The van der Waals surface area contributed by atoms with Gasteiger partial charge in [0.25, 0.3) is 0 Å². The number of aromatic nitrogens is 1. The lowest BCUT2D eigenvalue weighted by Crippen LogP contribution is -2.58. The van der Waals surface area contributed by atoms with E-state index >= 15 is 0 Å². The Labute approximate surface area is 231 Å². The number of imide groups is 1. The number of carbonyl (C=O) groups is 4. The zero-order valence-electron chi connectivity index (χ0n) is 22.0. The molecule has 12 heteroatoms. The van der Waals surface area contributed by atoms with Crippen LogP contribution in [-0.2, 0) is 32.0 Å². The predicted molar refractivity (Wildman–Crippen MR) is 151 cm³/mol. The van der Waals surface area contributed by atoms with Gasteiger partial charge in [-0.3, -0.25) is 29.1 Å². The molecular weight excluding hydrogens is 512 g/mol. The van der Waals surface area contributed by atoms with Crippen LogP contribution < -0.4 is 27.8 Å². The first kappa shape index (κ1) is 28.3. The van der Waals surface area contributed by atoms with E-state index in [0.29, 0.717) is 6.42 Å². The van der Waals surface area contributed by atoms with Crippen LogP contribution >= 0.6 is 0 Å². The number of rotatable bonds is 9. The highest BCUT2D eigenvalue weighted by Crippen LogP contribution is 2.20. The first-order chi connectivity index (χ1) is 19.2. The Kier molecular flexibility index (Phi) is 9.12. The Morgan fingerprint density at radius 2 is 1.75 bits per heavy atom. The van der Waals surface area contributed by atoms with Crippen LogP contribution in [0.1, 0.15) is 24.0 Å². The van der Waals surface area contributed by atoms with Crippen molar-refractivity contribution in [2.24, 2.45) is 22.2 Å². The van der Waals surface area contributed by atoms with Crippen LogP contribution in [0.2, 0.25) is 0 Å². The summed E-state index contributed by atoms with van der Waals surface area (Å²) in [6.45, 7) is -0.277. The molecule has 0 radical (unpaired) electrons. The molecule has 1 aliphatic heterocycles. The van der Waals surface area contributed by atoms with Crippen LogP contribution in [0.4, 0.5) is 0 Å². The molecule has 0 bridgehead atoms. The van der Waals surface area contributed by atoms with Gasteiger partial charge in [0.2, 0.25) is 23.6 Å². The number of nitrogens with zero attached hydrogens (tertiary/aromatic N) is 2. The van der Waals surface area contributed by atoms with Gasteiger partial charge in [-0.05, 0) is 36.5 Å². The average molecular weight is 547 g/mol. The molecule has 1 aliphatic rings. The number of H-pyrrole nitrogens is 1. The summed E-state index contributed by atoms with van der Waals surface area (Å²) in [4.78, 5) is 61.7. The predicted octanol–water partition coefficient (Wildman–Crippen LogP) is -0.328. The van der Waals surface area contributed by atoms with E-state index in [1.54, 1.807) is 6.20 Å². The van der Waals surface area contributed by atoms with E-state index in [4.69, 9.17) is 17.2 Å². The second-order valence-corrected chi connectivity index (χ2v) is 9.71. The molecule has 12 nitrogen and oxygen atoms in total. The lowest BCUT2D eigenvalue weighted by Gasteiger charge is -2.31. The standard InChI is InChI=1S/C28H34N8O4/c29-20(13-17-7-2-1-3-8-17)27(40)36-23(11-6-12-32-28(30)31)26(39)35-22(25(38)34-16-24(36)37)14-18-15-33-21-10-5-4-9-19(18)21/h1-5,7-10,15,20,22-23,33H,6,11-14,16,29H2,(H,34,38)(H,35,39)(H4,30,31,32)/t20-,22+,23+/m0/s1. The van der Waals surface area contributed by atoms with Gasteiger partial charge in [-0.25, -0.2) is 0 Å². The minimum atomic E-state index is -1.21. The van der Waals surface area contributed by atoms with E-state index in [1.165, 1.54) is 0 Å². The fraction of sp³-hybridized carbons (Fsp3) is 0.321. The van der Waals surface area contributed by atoms with Crippen LogP contribution in [-0.4, -0.2) is 70.7 Å². The summed E-state index contributed by atoms with van der Waals surface area (Å²) in [7, 11) is 0. The number of para-hydroxylation sites is 1. The van der Waals surface area contributed by atoms with Crippen molar-refractivity contribution in [3.05, 3.63) is 71.9 Å². The van der Waals surface area contributed by atoms with Crippen molar-refractivity contribution < 1.29 is 19.2 Å².